The number of carbonyl (C=O) groups excluding carboxylic acids is 1. The molecule has 1 N–H and O–H groups in total. The third kappa shape index (κ3) is 4.12. The van der Waals surface area contributed by atoms with E-state index in [1.807, 2.05) is 24.3 Å². The van der Waals surface area contributed by atoms with Crippen LogP contribution in [0, 0.1) is 5.82 Å². The lowest BCUT2D eigenvalue weighted by Gasteiger charge is -2.25. The molecule has 6 heteroatoms. The van der Waals surface area contributed by atoms with Crippen molar-refractivity contribution in [2.75, 3.05) is 19.6 Å². The summed E-state index contributed by atoms with van der Waals surface area (Å²) in [5, 5.41) is 3.05. The lowest BCUT2D eigenvalue weighted by Crippen LogP contribution is -2.36. The molecule has 4 rings (SSSR count). The predicted molar refractivity (Wildman–Crippen MR) is 104 cm³/mol. The molecule has 1 atom stereocenters. The molecular formula is C21H21FN2O2S. The van der Waals surface area contributed by atoms with Gasteiger partial charge in [-0.25, -0.2) is 4.39 Å². The van der Waals surface area contributed by atoms with Crippen LogP contribution >= 0.6 is 11.3 Å². The lowest BCUT2D eigenvalue weighted by atomic mass is 10.2. The standard InChI is InChI=1S/C21H21FN2O2S/c22-16-7-5-15(6-8-16)19-9-10-20(27-19)21(25)23-14-17(18-4-3-13-26-18)24-11-1-2-12-24/h3-10,13,17H,1-2,11-12,14H2,(H,23,25)/t17-/m0/s1. The van der Waals surface area contributed by atoms with E-state index in [4.69, 9.17) is 4.42 Å². The van der Waals surface area contributed by atoms with E-state index in [1.165, 1.54) is 36.3 Å². The highest BCUT2D eigenvalue weighted by Crippen LogP contribution is 2.29. The van der Waals surface area contributed by atoms with Crippen LogP contribution in [-0.4, -0.2) is 30.4 Å². The van der Waals surface area contributed by atoms with E-state index in [1.54, 1.807) is 18.4 Å². The molecule has 140 valence electrons. The number of furan rings is 1. The molecule has 3 heterocycles. The van der Waals surface area contributed by atoms with Gasteiger partial charge >= 0.3 is 0 Å². The number of benzene rings is 1. The Morgan fingerprint density at radius 2 is 1.93 bits per heavy atom. The monoisotopic (exact) mass is 384 g/mol. The largest absolute Gasteiger partial charge is 0.468 e. The van der Waals surface area contributed by atoms with E-state index in [2.05, 4.69) is 10.2 Å². The summed E-state index contributed by atoms with van der Waals surface area (Å²) in [6.45, 7) is 2.56. The molecule has 0 saturated carbocycles. The first-order valence-corrected chi connectivity index (χ1v) is 9.94. The minimum Gasteiger partial charge on any atom is -0.468 e. The summed E-state index contributed by atoms with van der Waals surface area (Å²) in [5.41, 5.74) is 0.908. The van der Waals surface area contributed by atoms with Crippen LogP contribution in [0.25, 0.3) is 10.4 Å². The second kappa shape index (κ2) is 8.06. The van der Waals surface area contributed by atoms with Gasteiger partial charge in [-0.15, -0.1) is 11.3 Å². The van der Waals surface area contributed by atoms with Gasteiger partial charge in [0.2, 0.25) is 0 Å². The topological polar surface area (TPSA) is 45.5 Å². The van der Waals surface area contributed by atoms with Crippen LogP contribution in [0.2, 0.25) is 0 Å². The SMILES string of the molecule is O=C(NC[C@@H](c1ccco1)N1CCCC1)c1ccc(-c2ccc(F)cc2)s1. The fraction of sp³-hybridized carbons (Fsp3) is 0.286. The van der Waals surface area contributed by atoms with Crippen molar-refractivity contribution in [3.05, 3.63) is 71.2 Å². The molecule has 1 aromatic carbocycles. The molecule has 0 unspecified atom stereocenters. The number of nitrogens with one attached hydrogen (secondary N) is 1. The van der Waals surface area contributed by atoms with Crippen LogP contribution in [0.1, 0.15) is 34.3 Å². The summed E-state index contributed by atoms with van der Waals surface area (Å²) in [7, 11) is 0. The third-order valence-electron chi connectivity index (χ3n) is 4.87. The summed E-state index contributed by atoms with van der Waals surface area (Å²) >= 11 is 1.41. The maximum absolute atomic E-state index is 13.1. The van der Waals surface area contributed by atoms with Crippen LogP contribution in [-0.2, 0) is 0 Å². The molecule has 0 spiro atoms. The predicted octanol–water partition coefficient (Wildman–Crippen LogP) is 4.71. The highest BCUT2D eigenvalue weighted by molar-refractivity contribution is 7.17. The Morgan fingerprint density at radius 3 is 2.63 bits per heavy atom. The van der Waals surface area contributed by atoms with E-state index < -0.39 is 0 Å². The maximum Gasteiger partial charge on any atom is 0.261 e. The van der Waals surface area contributed by atoms with Crippen molar-refractivity contribution < 1.29 is 13.6 Å². The highest BCUT2D eigenvalue weighted by atomic mass is 32.1. The van der Waals surface area contributed by atoms with E-state index in [-0.39, 0.29) is 17.8 Å². The third-order valence-corrected chi connectivity index (χ3v) is 6.00. The van der Waals surface area contributed by atoms with Crippen molar-refractivity contribution >= 4 is 17.2 Å². The Labute approximate surface area is 161 Å². The van der Waals surface area contributed by atoms with Gasteiger partial charge in [0.05, 0.1) is 17.2 Å². The van der Waals surface area contributed by atoms with Crippen molar-refractivity contribution in [1.82, 2.24) is 10.2 Å². The molecule has 4 nitrogen and oxygen atoms in total. The molecule has 0 bridgehead atoms. The van der Waals surface area contributed by atoms with E-state index in [0.29, 0.717) is 11.4 Å². The van der Waals surface area contributed by atoms with Gasteiger partial charge < -0.3 is 9.73 Å². The number of amides is 1. The summed E-state index contributed by atoms with van der Waals surface area (Å²) in [5.74, 6) is 0.527. The average molecular weight is 384 g/mol. The van der Waals surface area contributed by atoms with E-state index in [0.717, 1.165) is 29.3 Å². The van der Waals surface area contributed by atoms with Crippen LogP contribution in [0.15, 0.2) is 59.2 Å². The quantitative estimate of drug-likeness (QED) is 0.669. The van der Waals surface area contributed by atoms with Crippen molar-refractivity contribution in [1.29, 1.82) is 0 Å². The molecule has 2 aromatic heterocycles. The molecule has 3 aromatic rings. The highest BCUT2D eigenvalue weighted by Gasteiger charge is 2.26. The van der Waals surface area contributed by atoms with Gasteiger partial charge in [0.25, 0.3) is 5.91 Å². The van der Waals surface area contributed by atoms with Gasteiger partial charge in [0, 0.05) is 11.4 Å². The number of hydrogen-bond donors (Lipinski definition) is 1. The summed E-state index contributed by atoms with van der Waals surface area (Å²) < 4.78 is 18.7. The van der Waals surface area contributed by atoms with Crippen molar-refractivity contribution in [3.8, 4) is 10.4 Å². The maximum atomic E-state index is 13.1. The first-order valence-electron chi connectivity index (χ1n) is 9.12. The van der Waals surface area contributed by atoms with Gasteiger partial charge in [-0.05, 0) is 67.9 Å². The van der Waals surface area contributed by atoms with Gasteiger partial charge in [-0.3, -0.25) is 9.69 Å². The number of hydrogen-bond acceptors (Lipinski definition) is 4. The number of halogens is 1. The second-order valence-electron chi connectivity index (χ2n) is 6.66. The van der Waals surface area contributed by atoms with Gasteiger partial charge in [0.1, 0.15) is 11.6 Å². The van der Waals surface area contributed by atoms with E-state index in [9.17, 15) is 9.18 Å². The molecule has 1 aliphatic heterocycles. The molecular weight excluding hydrogens is 363 g/mol. The average Bonchev–Trinajstić information content (AvgIpc) is 3.44. The summed E-state index contributed by atoms with van der Waals surface area (Å²) in [4.78, 5) is 16.6. The minimum atomic E-state index is -0.265. The number of likely N-dealkylation sites (tertiary alicyclic amines) is 1. The van der Waals surface area contributed by atoms with Crippen molar-refractivity contribution in [2.45, 2.75) is 18.9 Å². The number of rotatable bonds is 6. The molecule has 0 aliphatic carbocycles. The van der Waals surface area contributed by atoms with Gasteiger partial charge in [0.15, 0.2) is 0 Å². The molecule has 1 saturated heterocycles. The van der Waals surface area contributed by atoms with Crippen LogP contribution in [0.5, 0.6) is 0 Å². The summed E-state index contributed by atoms with van der Waals surface area (Å²) in [6, 6.07) is 13.9. The number of carbonyl (C=O) groups is 1. The number of thiophene rings is 1. The molecule has 1 fully saturated rings. The van der Waals surface area contributed by atoms with Gasteiger partial charge in [-0.1, -0.05) is 12.1 Å². The second-order valence-corrected chi connectivity index (χ2v) is 7.74. The zero-order chi connectivity index (χ0) is 18.6. The van der Waals surface area contributed by atoms with Gasteiger partial charge in [-0.2, -0.15) is 0 Å². The fourth-order valence-electron chi connectivity index (χ4n) is 3.45. The molecule has 0 radical (unpaired) electrons. The first kappa shape index (κ1) is 17.9. The van der Waals surface area contributed by atoms with Crippen LogP contribution < -0.4 is 5.32 Å². The Bertz CT molecular complexity index is 883. The normalized spacial score (nSPS) is 15.7. The molecule has 27 heavy (non-hydrogen) atoms. The van der Waals surface area contributed by atoms with E-state index >= 15 is 0 Å². The van der Waals surface area contributed by atoms with Crippen molar-refractivity contribution in [2.24, 2.45) is 0 Å². The molecule has 1 aliphatic rings. The van der Waals surface area contributed by atoms with Crippen molar-refractivity contribution in [3.63, 3.8) is 0 Å². The Hall–Kier alpha value is -2.44. The minimum absolute atomic E-state index is 0.0583. The number of nitrogens with zero attached hydrogens (tertiary/aromatic N) is 1. The zero-order valence-corrected chi connectivity index (χ0v) is 15.7. The smallest absolute Gasteiger partial charge is 0.261 e. The Morgan fingerprint density at radius 1 is 1.15 bits per heavy atom. The Balaban J connectivity index is 1.43. The van der Waals surface area contributed by atoms with Crippen LogP contribution in [0.3, 0.4) is 0 Å². The fourth-order valence-corrected chi connectivity index (χ4v) is 4.38. The summed E-state index contributed by atoms with van der Waals surface area (Å²) in [6.07, 6.45) is 4.03. The first-order chi connectivity index (χ1) is 13.2. The zero-order valence-electron chi connectivity index (χ0n) is 14.9. The van der Waals surface area contributed by atoms with Crippen LogP contribution in [0.4, 0.5) is 4.39 Å². The lowest BCUT2D eigenvalue weighted by molar-refractivity contribution is 0.0938. The molecule has 1 amide bonds. The Kier molecular flexibility index (Phi) is 5.36.